The molecule has 0 aliphatic rings. The highest BCUT2D eigenvalue weighted by molar-refractivity contribution is 5.25. The minimum atomic E-state index is 0.410. The zero-order valence-electron chi connectivity index (χ0n) is 12.4. The van der Waals surface area contributed by atoms with Crippen LogP contribution in [-0.2, 0) is 6.42 Å². The Kier molecular flexibility index (Phi) is 4.80. The van der Waals surface area contributed by atoms with E-state index in [4.69, 9.17) is 0 Å². The summed E-state index contributed by atoms with van der Waals surface area (Å²) < 4.78 is 0. The molecule has 0 nitrogen and oxygen atoms in total. The van der Waals surface area contributed by atoms with Crippen LogP contribution in [0.25, 0.3) is 0 Å². The summed E-state index contributed by atoms with van der Waals surface area (Å²) in [6, 6.07) is 9.17. The Bertz CT molecular complexity index is 328. The lowest BCUT2D eigenvalue weighted by Crippen LogP contribution is -2.17. The van der Waals surface area contributed by atoms with Crippen LogP contribution < -0.4 is 0 Å². The number of hydrogen-bond acceptors (Lipinski definition) is 0. The van der Waals surface area contributed by atoms with Gasteiger partial charge in [-0.1, -0.05) is 65.8 Å². The average molecular weight is 232 g/mol. The minimum Gasteiger partial charge on any atom is -0.0628 e. The van der Waals surface area contributed by atoms with Crippen molar-refractivity contribution in [2.24, 2.45) is 11.3 Å². The van der Waals surface area contributed by atoms with Crippen LogP contribution in [0.1, 0.15) is 65.0 Å². The van der Waals surface area contributed by atoms with Gasteiger partial charge in [0.2, 0.25) is 0 Å². The van der Waals surface area contributed by atoms with Crippen LogP contribution >= 0.6 is 0 Å². The van der Waals surface area contributed by atoms with Gasteiger partial charge in [0.1, 0.15) is 0 Å². The summed E-state index contributed by atoms with van der Waals surface area (Å²) in [6.07, 6.45) is 2.47. The third kappa shape index (κ3) is 4.93. The van der Waals surface area contributed by atoms with Crippen LogP contribution in [0.2, 0.25) is 0 Å². The molecular formula is C17H28. The van der Waals surface area contributed by atoms with Gasteiger partial charge in [-0.3, -0.25) is 0 Å². The zero-order chi connectivity index (χ0) is 13.1. The van der Waals surface area contributed by atoms with E-state index in [-0.39, 0.29) is 0 Å². The molecule has 0 N–H and O–H groups in total. The first-order chi connectivity index (χ1) is 7.80. The van der Waals surface area contributed by atoms with E-state index >= 15 is 0 Å². The van der Waals surface area contributed by atoms with Crippen molar-refractivity contribution in [2.75, 3.05) is 0 Å². The summed E-state index contributed by atoms with van der Waals surface area (Å²) in [5.74, 6) is 1.41. The Morgan fingerprint density at radius 3 is 1.88 bits per heavy atom. The van der Waals surface area contributed by atoms with Crippen molar-refractivity contribution >= 4 is 0 Å². The van der Waals surface area contributed by atoms with Gasteiger partial charge in [-0.25, -0.2) is 0 Å². The monoisotopic (exact) mass is 232 g/mol. The van der Waals surface area contributed by atoms with E-state index in [1.807, 2.05) is 0 Å². The van der Waals surface area contributed by atoms with Gasteiger partial charge >= 0.3 is 0 Å². The first-order valence-electron chi connectivity index (χ1n) is 6.89. The first kappa shape index (κ1) is 14.3. The molecule has 0 heterocycles. The topological polar surface area (TPSA) is 0 Å². The average Bonchev–Trinajstić information content (AvgIpc) is 2.15. The Morgan fingerprint density at radius 2 is 1.47 bits per heavy atom. The van der Waals surface area contributed by atoms with E-state index in [2.05, 4.69) is 65.8 Å². The van der Waals surface area contributed by atoms with Crippen molar-refractivity contribution in [3.8, 4) is 0 Å². The maximum Gasteiger partial charge on any atom is -0.0219 e. The molecule has 0 aliphatic carbocycles. The standard InChI is InChI=1S/C17H28/c1-13(2)11-17(5,6)12-15-7-9-16(10-8-15)14(3)4/h7-10,13-14H,11-12H2,1-6H3. The zero-order valence-corrected chi connectivity index (χ0v) is 12.4. The molecule has 0 aromatic heterocycles. The molecule has 96 valence electrons. The fourth-order valence-corrected chi connectivity index (χ4v) is 2.75. The van der Waals surface area contributed by atoms with E-state index in [0.29, 0.717) is 11.3 Å². The lowest BCUT2D eigenvalue weighted by Gasteiger charge is -2.27. The molecule has 0 heteroatoms. The molecular weight excluding hydrogens is 204 g/mol. The molecule has 0 bridgehead atoms. The molecule has 0 saturated carbocycles. The van der Waals surface area contributed by atoms with Gasteiger partial charge in [-0.15, -0.1) is 0 Å². The van der Waals surface area contributed by atoms with E-state index in [1.54, 1.807) is 0 Å². The summed E-state index contributed by atoms with van der Waals surface area (Å²) in [7, 11) is 0. The van der Waals surface area contributed by atoms with Gasteiger partial charge in [0.15, 0.2) is 0 Å². The number of hydrogen-bond donors (Lipinski definition) is 0. The summed E-state index contributed by atoms with van der Waals surface area (Å²) in [4.78, 5) is 0. The molecule has 1 rings (SSSR count). The van der Waals surface area contributed by atoms with Gasteiger partial charge in [0, 0.05) is 0 Å². The van der Waals surface area contributed by atoms with Crippen LogP contribution in [0.15, 0.2) is 24.3 Å². The van der Waals surface area contributed by atoms with E-state index in [9.17, 15) is 0 Å². The fourth-order valence-electron chi connectivity index (χ4n) is 2.75. The van der Waals surface area contributed by atoms with Gasteiger partial charge in [-0.05, 0) is 41.2 Å². The second kappa shape index (κ2) is 5.71. The van der Waals surface area contributed by atoms with Crippen molar-refractivity contribution in [3.63, 3.8) is 0 Å². The molecule has 0 saturated heterocycles. The predicted molar refractivity (Wildman–Crippen MR) is 77.5 cm³/mol. The summed E-state index contributed by atoms with van der Waals surface area (Å²) in [5, 5.41) is 0. The summed E-state index contributed by atoms with van der Waals surface area (Å²) in [5.41, 5.74) is 3.32. The van der Waals surface area contributed by atoms with Crippen molar-refractivity contribution in [1.29, 1.82) is 0 Å². The first-order valence-corrected chi connectivity index (χ1v) is 6.89. The van der Waals surface area contributed by atoms with Crippen molar-refractivity contribution in [1.82, 2.24) is 0 Å². The number of rotatable bonds is 5. The van der Waals surface area contributed by atoms with Gasteiger partial charge in [0.05, 0.1) is 0 Å². The fraction of sp³-hybridized carbons (Fsp3) is 0.647. The number of benzene rings is 1. The Morgan fingerprint density at radius 1 is 0.941 bits per heavy atom. The van der Waals surface area contributed by atoms with Gasteiger partial charge in [-0.2, -0.15) is 0 Å². The summed E-state index contributed by atoms with van der Waals surface area (Å²) in [6.45, 7) is 13.9. The second-order valence-electron chi connectivity index (χ2n) is 6.84. The maximum absolute atomic E-state index is 2.38. The summed E-state index contributed by atoms with van der Waals surface area (Å²) >= 11 is 0. The molecule has 1 aromatic rings. The largest absolute Gasteiger partial charge is 0.0628 e. The lowest BCUT2D eigenvalue weighted by atomic mass is 9.79. The normalized spacial score (nSPS) is 12.5. The van der Waals surface area contributed by atoms with Crippen LogP contribution in [0.3, 0.4) is 0 Å². The van der Waals surface area contributed by atoms with Crippen LogP contribution in [0.5, 0.6) is 0 Å². The van der Waals surface area contributed by atoms with Crippen molar-refractivity contribution in [3.05, 3.63) is 35.4 Å². The third-order valence-electron chi connectivity index (χ3n) is 3.29. The highest BCUT2D eigenvalue weighted by Crippen LogP contribution is 2.30. The Labute approximate surface area is 107 Å². The SMILES string of the molecule is CC(C)CC(C)(C)Cc1ccc(C(C)C)cc1. The molecule has 0 amide bonds. The van der Waals surface area contributed by atoms with Gasteiger partial charge < -0.3 is 0 Å². The highest BCUT2D eigenvalue weighted by Gasteiger charge is 2.19. The van der Waals surface area contributed by atoms with Crippen molar-refractivity contribution < 1.29 is 0 Å². The highest BCUT2D eigenvalue weighted by atomic mass is 14.2. The molecule has 1 aromatic carbocycles. The Hall–Kier alpha value is -0.780. The van der Waals surface area contributed by atoms with Crippen LogP contribution in [0, 0.1) is 11.3 Å². The van der Waals surface area contributed by atoms with Crippen LogP contribution in [0.4, 0.5) is 0 Å². The molecule has 0 radical (unpaired) electrons. The molecule has 0 aliphatic heterocycles. The molecule has 17 heavy (non-hydrogen) atoms. The van der Waals surface area contributed by atoms with Crippen LogP contribution in [-0.4, -0.2) is 0 Å². The molecule has 0 fully saturated rings. The predicted octanol–water partition coefficient (Wildman–Crippen LogP) is 5.42. The molecule has 0 atom stereocenters. The molecule has 0 unspecified atom stereocenters. The maximum atomic E-state index is 2.38. The second-order valence-corrected chi connectivity index (χ2v) is 6.84. The lowest BCUT2D eigenvalue weighted by molar-refractivity contribution is 0.285. The van der Waals surface area contributed by atoms with Crippen molar-refractivity contribution in [2.45, 2.75) is 60.3 Å². The quantitative estimate of drug-likeness (QED) is 0.635. The van der Waals surface area contributed by atoms with Gasteiger partial charge in [0.25, 0.3) is 0 Å². The van der Waals surface area contributed by atoms with E-state index in [1.165, 1.54) is 24.0 Å². The van der Waals surface area contributed by atoms with E-state index in [0.717, 1.165) is 5.92 Å². The molecule has 0 spiro atoms. The van der Waals surface area contributed by atoms with E-state index < -0.39 is 0 Å². The Balaban J connectivity index is 2.68. The third-order valence-corrected chi connectivity index (χ3v) is 3.29. The minimum absolute atomic E-state index is 0.410. The smallest absolute Gasteiger partial charge is 0.0219 e.